The van der Waals surface area contributed by atoms with Gasteiger partial charge in [0.1, 0.15) is 0 Å². The highest BCUT2D eigenvalue weighted by molar-refractivity contribution is 6.04. The highest BCUT2D eigenvalue weighted by atomic mass is 16.2. The third-order valence-corrected chi connectivity index (χ3v) is 3.67. The van der Waals surface area contributed by atoms with Gasteiger partial charge >= 0.3 is 0 Å². The number of nitrogens with one attached hydrogen (secondary N) is 1. The highest BCUT2D eigenvalue weighted by Gasteiger charge is 2.20. The zero-order valence-corrected chi connectivity index (χ0v) is 12.2. The quantitative estimate of drug-likeness (QED) is 0.942. The molecule has 1 fully saturated rings. The molecule has 1 aromatic carbocycles. The molecule has 2 amide bonds. The number of benzene rings is 1. The van der Waals surface area contributed by atoms with E-state index < -0.39 is 0 Å². The van der Waals surface area contributed by atoms with Crippen molar-refractivity contribution >= 4 is 17.5 Å². The van der Waals surface area contributed by atoms with E-state index in [9.17, 15) is 9.59 Å². The number of hydrogen-bond acceptors (Lipinski definition) is 3. The summed E-state index contributed by atoms with van der Waals surface area (Å²) < 4.78 is 0. The largest absolute Gasteiger partial charge is 0.338 e. The lowest BCUT2D eigenvalue weighted by molar-refractivity contribution is -0.128. The van der Waals surface area contributed by atoms with Gasteiger partial charge in [0, 0.05) is 43.2 Å². The van der Waals surface area contributed by atoms with E-state index in [-0.39, 0.29) is 11.8 Å². The summed E-state index contributed by atoms with van der Waals surface area (Å²) in [5, 5.41) is 2.83. The summed E-state index contributed by atoms with van der Waals surface area (Å²) in [6.45, 7) is 1.36. The van der Waals surface area contributed by atoms with Gasteiger partial charge in [-0.2, -0.15) is 0 Å². The molecule has 112 valence electrons. The van der Waals surface area contributed by atoms with Crippen molar-refractivity contribution in [1.82, 2.24) is 9.88 Å². The smallest absolute Gasteiger partial charge is 0.255 e. The average Bonchev–Trinajstić information content (AvgIpc) is 2.94. The third kappa shape index (κ3) is 3.31. The summed E-state index contributed by atoms with van der Waals surface area (Å²) in [6, 6.07) is 10.9. The van der Waals surface area contributed by atoms with Gasteiger partial charge in [-0.25, -0.2) is 0 Å². The van der Waals surface area contributed by atoms with Crippen LogP contribution in [-0.2, 0) is 11.3 Å². The summed E-state index contributed by atoms with van der Waals surface area (Å²) in [5.41, 5.74) is 2.26. The summed E-state index contributed by atoms with van der Waals surface area (Å²) in [5.74, 6) is 0.0208. The fraction of sp³-hybridized carbons (Fsp3) is 0.235. The number of hydrogen-bond donors (Lipinski definition) is 1. The molecule has 2 aromatic rings. The molecule has 0 bridgehead atoms. The molecule has 0 saturated carbocycles. The Balaban J connectivity index is 1.70. The third-order valence-electron chi connectivity index (χ3n) is 3.67. The van der Waals surface area contributed by atoms with Crippen molar-refractivity contribution in [3.05, 3.63) is 59.9 Å². The number of amides is 2. The van der Waals surface area contributed by atoms with Crippen molar-refractivity contribution in [2.75, 3.05) is 11.9 Å². The van der Waals surface area contributed by atoms with Crippen LogP contribution in [0.2, 0.25) is 0 Å². The van der Waals surface area contributed by atoms with Crippen molar-refractivity contribution < 1.29 is 9.59 Å². The first-order valence-electron chi connectivity index (χ1n) is 7.30. The van der Waals surface area contributed by atoms with Crippen LogP contribution in [0.4, 0.5) is 5.69 Å². The Morgan fingerprint density at radius 3 is 2.77 bits per heavy atom. The molecule has 0 aliphatic carbocycles. The molecule has 2 heterocycles. The SMILES string of the molecule is O=C(Nc1ccncc1)c1cccc(CN2CCCC2=O)c1. The topological polar surface area (TPSA) is 62.3 Å². The molecule has 1 aromatic heterocycles. The lowest BCUT2D eigenvalue weighted by atomic mass is 10.1. The maximum absolute atomic E-state index is 12.3. The van der Waals surface area contributed by atoms with Gasteiger partial charge < -0.3 is 10.2 Å². The number of carbonyl (C=O) groups excluding carboxylic acids is 2. The molecular formula is C17H17N3O2. The van der Waals surface area contributed by atoms with Gasteiger partial charge in [-0.05, 0) is 36.2 Å². The van der Waals surface area contributed by atoms with Gasteiger partial charge in [-0.3, -0.25) is 14.6 Å². The van der Waals surface area contributed by atoms with E-state index in [1.54, 1.807) is 30.6 Å². The van der Waals surface area contributed by atoms with Gasteiger partial charge in [0.2, 0.25) is 5.91 Å². The molecule has 0 radical (unpaired) electrons. The Morgan fingerprint density at radius 2 is 2.05 bits per heavy atom. The molecule has 0 atom stereocenters. The second-order valence-electron chi connectivity index (χ2n) is 5.31. The van der Waals surface area contributed by atoms with Crippen LogP contribution in [0.25, 0.3) is 0 Å². The lowest BCUT2D eigenvalue weighted by Gasteiger charge is -2.16. The van der Waals surface area contributed by atoms with E-state index in [1.807, 2.05) is 23.1 Å². The van der Waals surface area contributed by atoms with Gasteiger partial charge in [-0.15, -0.1) is 0 Å². The van der Waals surface area contributed by atoms with E-state index in [1.165, 1.54) is 0 Å². The number of pyridine rings is 1. The molecule has 3 rings (SSSR count). The minimum absolute atomic E-state index is 0.166. The monoisotopic (exact) mass is 295 g/mol. The predicted molar refractivity (Wildman–Crippen MR) is 83.3 cm³/mol. The predicted octanol–water partition coefficient (Wildman–Crippen LogP) is 2.46. The molecule has 0 spiro atoms. The van der Waals surface area contributed by atoms with Crippen molar-refractivity contribution in [3.63, 3.8) is 0 Å². The molecule has 1 saturated heterocycles. The van der Waals surface area contributed by atoms with Crippen molar-refractivity contribution in [3.8, 4) is 0 Å². The summed E-state index contributed by atoms with van der Waals surface area (Å²) in [6.07, 6.45) is 4.80. The Bertz CT molecular complexity index is 685. The van der Waals surface area contributed by atoms with Crippen LogP contribution in [0.3, 0.4) is 0 Å². The van der Waals surface area contributed by atoms with Crippen LogP contribution in [0.1, 0.15) is 28.8 Å². The number of likely N-dealkylation sites (tertiary alicyclic amines) is 1. The molecule has 0 unspecified atom stereocenters. The fourth-order valence-electron chi connectivity index (χ4n) is 2.54. The van der Waals surface area contributed by atoms with Gasteiger partial charge in [0.15, 0.2) is 0 Å². The minimum Gasteiger partial charge on any atom is -0.338 e. The van der Waals surface area contributed by atoms with E-state index in [0.717, 1.165) is 18.5 Å². The molecule has 22 heavy (non-hydrogen) atoms. The van der Waals surface area contributed by atoms with E-state index in [2.05, 4.69) is 10.3 Å². The molecule has 1 aliphatic heterocycles. The molecular weight excluding hydrogens is 278 g/mol. The Kier molecular flexibility index (Phi) is 4.14. The lowest BCUT2D eigenvalue weighted by Crippen LogP contribution is -2.24. The van der Waals surface area contributed by atoms with Crippen LogP contribution in [-0.4, -0.2) is 28.2 Å². The Labute approximate surface area is 129 Å². The standard InChI is InChI=1S/C17H17N3O2/c21-16-5-2-10-20(16)12-13-3-1-4-14(11-13)17(22)19-15-6-8-18-9-7-15/h1,3-4,6-9,11H,2,5,10,12H2,(H,18,19,22). The highest BCUT2D eigenvalue weighted by Crippen LogP contribution is 2.16. The van der Waals surface area contributed by atoms with Crippen molar-refractivity contribution in [1.29, 1.82) is 0 Å². The van der Waals surface area contributed by atoms with Gasteiger partial charge in [0.25, 0.3) is 5.91 Å². The van der Waals surface area contributed by atoms with Crippen LogP contribution >= 0.6 is 0 Å². The fourth-order valence-corrected chi connectivity index (χ4v) is 2.54. The van der Waals surface area contributed by atoms with E-state index >= 15 is 0 Å². The number of nitrogens with zero attached hydrogens (tertiary/aromatic N) is 2. The minimum atomic E-state index is -0.166. The van der Waals surface area contributed by atoms with Crippen LogP contribution in [0.15, 0.2) is 48.8 Å². The maximum Gasteiger partial charge on any atom is 0.255 e. The van der Waals surface area contributed by atoms with Crippen LogP contribution in [0.5, 0.6) is 0 Å². The summed E-state index contributed by atoms with van der Waals surface area (Å²) in [4.78, 5) is 29.7. The number of rotatable bonds is 4. The van der Waals surface area contributed by atoms with E-state index in [4.69, 9.17) is 0 Å². The van der Waals surface area contributed by atoms with E-state index in [0.29, 0.717) is 24.2 Å². The number of carbonyl (C=O) groups is 2. The van der Waals surface area contributed by atoms with Crippen LogP contribution in [0, 0.1) is 0 Å². The molecule has 5 heteroatoms. The first-order chi connectivity index (χ1) is 10.7. The summed E-state index contributed by atoms with van der Waals surface area (Å²) >= 11 is 0. The van der Waals surface area contributed by atoms with Crippen molar-refractivity contribution in [2.45, 2.75) is 19.4 Å². The zero-order chi connectivity index (χ0) is 15.4. The molecule has 1 aliphatic rings. The zero-order valence-electron chi connectivity index (χ0n) is 12.2. The Morgan fingerprint density at radius 1 is 1.23 bits per heavy atom. The van der Waals surface area contributed by atoms with Gasteiger partial charge in [-0.1, -0.05) is 12.1 Å². The van der Waals surface area contributed by atoms with Crippen molar-refractivity contribution in [2.24, 2.45) is 0 Å². The normalized spacial score (nSPS) is 14.2. The number of aromatic nitrogens is 1. The first kappa shape index (κ1) is 14.3. The average molecular weight is 295 g/mol. The summed E-state index contributed by atoms with van der Waals surface area (Å²) in [7, 11) is 0. The van der Waals surface area contributed by atoms with Crippen LogP contribution < -0.4 is 5.32 Å². The molecule has 1 N–H and O–H groups in total. The number of anilines is 1. The first-order valence-corrected chi connectivity index (χ1v) is 7.30. The second kappa shape index (κ2) is 6.39. The Hall–Kier alpha value is -2.69. The molecule has 5 nitrogen and oxygen atoms in total. The second-order valence-corrected chi connectivity index (χ2v) is 5.31. The van der Waals surface area contributed by atoms with Gasteiger partial charge in [0.05, 0.1) is 0 Å². The maximum atomic E-state index is 12.3.